The van der Waals surface area contributed by atoms with Gasteiger partial charge in [-0.05, 0) is 30.2 Å². The average molecular weight is 607 g/mol. The van der Waals surface area contributed by atoms with E-state index >= 15 is 0 Å². The van der Waals surface area contributed by atoms with Gasteiger partial charge in [-0.2, -0.15) is 0 Å². The van der Waals surface area contributed by atoms with E-state index in [4.69, 9.17) is 10.8 Å². The average Bonchev–Trinajstić information content (AvgIpc) is 2.59. The predicted molar refractivity (Wildman–Crippen MR) is 125 cm³/mol. The normalized spacial score (nSPS) is 14.6. The Kier molecular flexibility index (Phi) is 24.4. The quantitative estimate of drug-likeness (QED) is 0.0651. The number of rotatable bonds is 11. The molecule has 1 fully saturated rings. The van der Waals surface area contributed by atoms with Crippen LogP contribution in [-0.2, 0) is 44.2 Å². The van der Waals surface area contributed by atoms with Gasteiger partial charge in [0.1, 0.15) is 0 Å². The smallest absolute Gasteiger partial charge is 0.748 e. The third-order valence-corrected chi connectivity index (χ3v) is 5.81. The Hall–Kier alpha value is -0.140. The van der Waals surface area contributed by atoms with Gasteiger partial charge in [0.15, 0.2) is 0 Å². The number of aliphatic carboxylic acids is 1. The summed E-state index contributed by atoms with van der Waals surface area (Å²) in [5.74, 6) is -3.01. The molecule has 1 aliphatic rings. The molecule has 0 aliphatic carbocycles. The molecule has 38 heavy (non-hydrogen) atoms. The van der Waals surface area contributed by atoms with Crippen LogP contribution in [0.4, 0.5) is 0 Å². The number of amides is 1. The van der Waals surface area contributed by atoms with E-state index in [0.29, 0.717) is 12.8 Å². The number of carboxylic acid groups (broad SMARTS) is 1. The Morgan fingerprint density at radius 2 is 1.39 bits per heavy atom. The van der Waals surface area contributed by atoms with E-state index in [9.17, 15) is 45.1 Å². The Morgan fingerprint density at radius 3 is 1.71 bits per heavy atom. The molecule has 1 saturated heterocycles. The standard InChI is InChI=1S/C10H19NO6S.C7H10O3.C3H9NO3S.2Na/c1-10(2,7-9(13)14)6-8(12)11-4-3-5-18(15,16)17;1-7(2)3-5(8)10-6(9)4-7;4-2-1-3-8(5,6)7;;/h3-7H2,1-2H3,(H,11,12)(H,13,14)(H,15,16,17);3-4H2,1-2H3;1-4H2,(H,5,6,7);;/q;;;2*+1/p-2. The van der Waals surface area contributed by atoms with Gasteiger partial charge in [-0.3, -0.25) is 19.2 Å². The van der Waals surface area contributed by atoms with E-state index in [1.54, 1.807) is 13.8 Å². The summed E-state index contributed by atoms with van der Waals surface area (Å²) in [6.07, 6.45) is 0.902. The zero-order chi connectivity index (χ0) is 28.8. The van der Waals surface area contributed by atoms with Crippen LogP contribution in [0.25, 0.3) is 0 Å². The number of carbonyl (C=O) groups excluding carboxylic acids is 3. The summed E-state index contributed by atoms with van der Waals surface area (Å²) in [6.45, 7) is 7.41. The molecule has 0 aromatic carbocycles. The maximum Gasteiger partial charge on any atom is 1.00 e. The number of nitrogens with two attached hydrogens (primary N) is 1. The summed E-state index contributed by atoms with van der Waals surface area (Å²) >= 11 is 0. The number of cyclic esters (lactones) is 2. The Morgan fingerprint density at radius 1 is 0.974 bits per heavy atom. The first-order valence-corrected chi connectivity index (χ1v) is 14.0. The first kappa shape index (κ1) is 44.9. The molecule has 0 radical (unpaired) electrons. The van der Waals surface area contributed by atoms with E-state index in [0.717, 1.165) is 0 Å². The zero-order valence-electron chi connectivity index (χ0n) is 22.9. The van der Waals surface area contributed by atoms with Crippen LogP contribution in [-0.4, -0.2) is 79.5 Å². The van der Waals surface area contributed by atoms with Crippen molar-refractivity contribution >= 4 is 44.1 Å². The van der Waals surface area contributed by atoms with Crippen molar-refractivity contribution in [2.45, 2.75) is 66.2 Å². The maximum atomic E-state index is 11.4. The van der Waals surface area contributed by atoms with Gasteiger partial charge in [0.2, 0.25) is 5.91 Å². The molecule has 14 nitrogen and oxygen atoms in total. The van der Waals surface area contributed by atoms with Crippen LogP contribution in [0.5, 0.6) is 0 Å². The zero-order valence-corrected chi connectivity index (χ0v) is 28.5. The molecule has 1 aliphatic heterocycles. The molecule has 0 aromatic heterocycles. The van der Waals surface area contributed by atoms with Crippen LogP contribution in [0.3, 0.4) is 0 Å². The van der Waals surface area contributed by atoms with E-state index in [2.05, 4.69) is 10.1 Å². The van der Waals surface area contributed by atoms with Crippen LogP contribution in [0.15, 0.2) is 0 Å². The van der Waals surface area contributed by atoms with Gasteiger partial charge in [-0.1, -0.05) is 27.7 Å². The molecular weight excluding hydrogens is 570 g/mol. The van der Waals surface area contributed by atoms with Crippen LogP contribution < -0.4 is 70.2 Å². The Bertz CT molecular complexity index is 950. The molecule has 1 heterocycles. The number of hydrogen-bond donors (Lipinski definition) is 3. The largest absolute Gasteiger partial charge is 1.00 e. The molecule has 4 N–H and O–H groups in total. The molecule has 18 heteroatoms. The fourth-order valence-electron chi connectivity index (χ4n) is 2.75. The van der Waals surface area contributed by atoms with Gasteiger partial charge in [-0.25, -0.2) is 16.8 Å². The second-order valence-corrected chi connectivity index (χ2v) is 12.7. The first-order valence-electron chi connectivity index (χ1n) is 10.9. The summed E-state index contributed by atoms with van der Waals surface area (Å²) in [5, 5.41) is 11.1. The number of nitrogens with one attached hydrogen (secondary N) is 1. The van der Waals surface area contributed by atoms with Crippen LogP contribution in [0, 0.1) is 10.8 Å². The van der Waals surface area contributed by atoms with Crippen molar-refractivity contribution in [3.63, 3.8) is 0 Å². The molecule has 0 spiro atoms. The minimum absolute atomic E-state index is 0. The van der Waals surface area contributed by atoms with Gasteiger partial charge in [0.25, 0.3) is 0 Å². The minimum Gasteiger partial charge on any atom is -0.748 e. The number of esters is 2. The van der Waals surface area contributed by atoms with Gasteiger partial charge < -0.3 is 30.0 Å². The van der Waals surface area contributed by atoms with Crippen molar-refractivity contribution < 1.29 is 114 Å². The number of hydrogen-bond acceptors (Lipinski definition) is 12. The topological polar surface area (TPSA) is 250 Å². The van der Waals surface area contributed by atoms with E-state index in [-0.39, 0.29) is 115 Å². The Balaban J connectivity index is -0.000000245. The molecule has 0 bridgehead atoms. The molecule has 0 saturated carbocycles. The van der Waals surface area contributed by atoms with Crippen LogP contribution in [0.1, 0.15) is 66.2 Å². The number of ether oxygens (including phenoxy) is 1. The molecule has 1 rings (SSSR count). The molecule has 0 atom stereocenters. The van der Waals surface area contributed by atoms with Crippen molar-refractivity contribution in [2.24, 2.45) is 16.6 Å². The van der Waals surface area contributed by atoms with Crippen LogP contribution >= 0.6 is 0 Å². The third kappa shape index (κ3) is 32.1. The molecular formula is C20H36N2Na2O12S2. The van der Waals surface area contributed by atoms with E-state index in [1.807, 2.05) is 13.8 Å². The molecule has 0 unspecified atom stereocenters. The van der Waals surface area contributed by atoms with Crippen molar-refractivity contribution in [3.05, 3.63) is 0 Å². The molecule has 212 valence electrons. The minimum atomic E-state index is -4.25. The number of carboxylic acids is 1. The fourth-order valence-corrected chi connectivity index (χ4v) is 3.77. The van der Waals surface area contributed by atoms with Gasteiger partial charge in [0, 0.05) is 24.5 Å². The summed E-state index contributed by atoms with van der Waals surface area (Å²) in [7, 11) is -8.27. The second kappa shape index (κ2) is 20.7. The van der Waals surface area contributed by atoms with Gasteiger partial charge >= 0.3 is 77.0 Å². The first-order chi connectivity index (χ1) is 16.1. The van der Waals surface area contributed by atoms with Crippen molar-refractivity contribution in [2.75, 3.05) is 24.6 Å². The monoisotopic (exact) mass is 606 g/mol. The summed E-state index contributed by atoms with van der Waals surface area (Å²) in [6, 6.07) is 0. The van der Waals surface area contributed by atoms with Crippen molar-refractivity contribution in [1.29, 1.82) is 0 Å². The van der Waals surface area contributed by atoms with Gasteiger partial charge in [-0.15, -0.1) is 0 Å². The number of carbonyl (C=O) groups is 4. The van der Waals surface area contributed by atoms with Gasteiger partial charge in [0.05, 0.1) is 39.5 Å². The SMILES string of the molecule is CC(C)(CC(=O)O)CC(=O)NCCCS(=O)(=O)[O-].CC1(C)CC(=O)OC(=O)C1.NCCCS(=O)(=O)[O-].[Na+].[Na+]. The van der Waals surface area contributed by atoms with E-state index in [1.165, 1.54) is 0 Å². The maximum absolute atomic E-state index is 11.4. The molecule has 1 amide bonds. The fraction of sp³-hybridized carbons (Fsp3) is 0.800. The predicted octanol–water partition coefficient (Wildman–Crippen LogP) is -6.31. The van der Waals surface area contributed by atoms with E-state index < -0.39 is 49.3 Å². The van der Waals surface area contributed by atoms with Crippen molar-refractivity contribution in [3.8, 4) is 0 Å². The third-order valence-electron chi connectivity index (χ3n) is 4.23. The summed E-state index contributed by atoms with van der Waals surface area (Å²) < 4.78 is 64.6. The summed E-state index contributed by atoms with van der Waals surface area (Å²) in [4.78, 5) is 43.3. The Labute approximate surface area is 268 Å². The summed E-state index contributed by atoms with van der Waals surface area (Å²) in [5.41, 5.74) is 4.06. The molecule has 0 aromatic rings. The van der Waals surface area contributed by atoms with Crippen molar-refractivity contribution in [1.82, 2.24) is 5.32 Å². The second-order valence-electron chi connectivity index (χ2n) is 9.64. The van der Waals surface area contributed by atoms with Crippen LogP contribution in [0.2, 0.25) is 0 Å².